The summed E-state index contributed by atoms with van der Waals surface area (Å²) in [4.78, 5) is 21.9. The number of rotatable bonds is 3. The van der Waals surface area contributed by atoms with Gasteiger partial charge in [0.25, 0.3) is 0 Å². The number of halogens is 3. The minimum absolute atomic E-state index is 0.0395. The van der Waals surface area contributed by atoms with Crippen molar-refractivity contribution >= 4 is 12.3 Å². The summed E-state index contributed by atoms with van der Waals surface area (Å²) in [5.41, 5.74) is -2.83. The van der Waals surface area contributed by atoms with Crippen LogP contribution in [0, 0.1) is 11.3 Å². The van der Waals surface area contributed by atoms with E-state index in [0.29, 0.717) is 0 Å². The van der Waals surface area contributed by atoms with E-state index >= 15 is 0 Å². The molecule has 1 rings (SSSR count). The fourth-order valence-corrected chi connectivity index (χ4v) is 1.59. The summed E-state index contributed by atoms with van der Waals surface area (Å²) in [5.74, 6) is -0.868. The molecule has 0 bridgehead atoms. The Hall–Kier alpha value is -2.36. The van der Waals surface area contributed by atoms with Crippen molar-refractivity contribution in [3.05, 3.63) is 34.4 Å². The average molecular weight is 271 g/mol. The molecule has 0 spiro atoms. The van der Waals surface area contributed by atoms with Crippen LogP contribution in [0.2, 0.25) is 0 Å². The highest BCUT2D eigenvalue weighted by atomic mass is 19.4. The molecule has 0 heterocycles. The van der Waals surface area contributed by atoms with E-state index in [4.69, 9.17) is 5.26 Å². The normalized spacial score (nSPS) is 10.7. The summed E-state index contributed by atoms with van der Waals surface area (Å²) in [6, 6.07) is 3.56. The number of hydrogen-bond donors (Lipinski definition) is 0. The highest BCUT2D eigenvalue weighted by Gasteiger charge is 2.37. The molecule has 0 aliphatic heterocycles. The molecule has 7 heteroatoms. The van der Waals surface area contributed by atoms with Gasteiger partial charge in [0.15, 0.2) is 6.29 Å². The van der Waals surface area contributed by atoms with Crippen LogP contribution in [-0.2, 0) is 22.1 Å². The number of nitrogens with zero attached hydrogens (tertiary/aromatic N) is 1. The van der Waals surface area contributed by atoms with Gasteiger partial charge in [0.05, 0.1) is 30.7 Å². The maximum atomic E-state index is 12.9. The zero-order valence-electron chi connectivity index (χ0n) is 9.75. The van der Waals surface area contributed by atoms with Gasteiger partial charge in [-0.3, -0.25) is 9.59 Å². The lowest BCUT2D eigenvalue weighted by molar-refractivity contribution is -0.141. The topological polar surface area (TPSA) is 67.2 Å². The first kappa shape index (κ1) is 14.7. The van der Waals surface area contributed by atoms with E-state index < -0.39 is 40.8 Å². The monoisotopic (exact) mass is 271 g/mol. The Balaban J connectivity index is 3.53. The fraction of sp³-hybridized carbons (Fsp3) is 0.250. The third-order valence-electron chi connectivity index (χ3n) is 2.42. The number of aldehydes is 1. The predicted molar refractivity (Wildman–Crippen MR) is 57.3 cm³/mol. The SMILES string of the molecule is COC(=O)Cc1ccc(C#N)c(C=O)c1C(F)(F)F. The summed E-state index contributed by atoms with van der Waals surface area (Å²) < 4.78 is 43.1. The molecule has 0 radical (unpaired) electrons. The van der Waals surface area contributed by atoms with Crippen LogP contribution in [0.4, 0.5) is 13.2 Å². The summed E-state index contributed by atoms with van der Waals surface area (Å²) >= 11 is 0. The predicted octanol–water partition coefficient (Wildman–Crippen LogP) is 2.11. The van der Waals surface area contributed by atoms with Crippen LogP contribution in [0.25, 0.3) is 0 Å². The fourth-order valence-electron chi connectivity index (χ4n) is 1.59. The van der Waals surface area contributed by atoms with Gasteiger partial charge in [0, 0.05) is 5.56 Å². The second kappa shape index (κ2) is 5.52. The van der Waals surface area contributed by atoms with Gasteiger partial charge in [-0.2, -0.15) is 18.4 Å². The minimum Gasteiger partial charge on any atom is -0.469 e. The largest absolute Gasteiger partial charge is 0.469 e. The van der Waals surface area contributed by atoms with Crippen LogP contribution in [-0.4, -0.2) is 19.4 Å². The summed E-state index contributed by atoms with van der Waals surface area (Å²) in [6.45, 7) is 0. The number of benzene rings is 1. The van der Waals surface area contributed by atoms with Crippen molar-refractivity contribution in [2.45, 2.75) is 12.6 Å². The molecule has 1 aromatic rings. The molecule has 0 aliphatic carbocycles. The van der Waals surface area contributed by atoms with Crippen molar-refractivity contribution in [3.8, 4) is 6.07 Å². The van der Waals surface area contributed by atoms with Crippen LogP contribution < -0.4 is 0 Å². The number of carbonyl (C=O) groups excluding carboxylic acids is 2. The quantitative estimate of drug-likeness (QED) is 0.623. The van der Waals surface area contributed by atoms with Crippen LogP contribution in [0.1, 0.15) is 27.0 Å². The second-order valence-corrected chi connectivity index (χ2v) is 3.54. The van der Waals surface area contributed by atoms with Crippen LogP contribution in [0.5, 0.6) is 0 Å². The van der Waals surface area contributed by atoms with Crippen molar-refractivity contribution in [2.75, 3.05) is 7.11 Å². The molecule has 0 saturated carbocycles. The third-order valence-corrected chi connectivity index (χ3v) is 2.42. The summed E-state index contributed by atoms with van der Waals surface area (Å²) in [5, 5.41) is 8.69. The van der Waals surface area contributed by atoms with Gasteiger partial charge < -0.3 is 4.74 Å². The highest BCUT2D eigenvalue weighted by Crippen LogP contribution is 2.35. The Morgan fingerprint density at radius 2 is 2.11 bits per heavy atom. The van der Waals surface area contributed by atoms with Crippen molar-refractivity contribution in [1.29, 1.82) is 5.26 Å². The number of methoxy groups -OCH3 is 1. The Labute approximate surface area is 106 Å². The summed E-state index contributed by atoms with van der Waals surface area (Å²) in [7, 11) is 1.04. The smallest absolute Gasteiger partial charge is 0.417 e. The molecule has 0 N–H and O–H groups in total. The maximum absolute atomic E-state index is 12.9. The molecule has 1 aromatic carbocycles. The lowest BCUT2D eigenvalue weighted by Crippen LogP contribution is -2.17. The van der Waals surface area contributed by atoms with Gasteiger partial charge >= 0.3 is 12.1 Å². The van der Waals surface area contributed by atoms with E-state index in [-0.39, 0.29) is 6.29 Å². The van der Waals surface area contributed by atoms with Crippen LogP contribution in [0.3, 0.4) is 0 Å². The van der Waals surface area contributed by atoms with E-state index in [1.165, 1.54) is 6.07 Å². The number of ether oxygens (including phenoxy) is 1. The molecule has 0 saturated heterocycles. The van der Waals surface area contributed by atoms with Crippen LogP contribution in [0.15, 0.2) is 12.1 Å². The standard InChI is InChI=1S/C12H8F3NO3/c1-19-10(18)4-7-2-3-8(5-16)9(6-17)11(7)12(13,14)15/h2-3,6H,4H2,1H3. The van der Waals surface area contributed by atoms with E-state index in [9.17, 15) is 22.8 Å². The number of nitriles is 1. The Morgan fingerprint density at radius 3 is 2.53 bits per heavy atom. The van der Waals surface area contributed by atoms with Gasteiger partial charge in [0.1, 0.15) is 0 Å². The average Bonchev–Trinajstić information content (AvgIpc) is 2.36. The van der Waals surface area contributed by atoms with Gasteiger partial charge in [-0.15, -0.1) is 0 Å². The van der Waals surface area contributed by atoms with E-state index in [0.717, 1.165) is 19.2 Å². The minimum atomic E-state index is -4.84. The number of esters is 1. The van der Waals surface area contributed by atoms with Gasteiger partial charge in [-0.1, -0.05) is 6.07 Å². The molecule has 4 nitrogen and oxygen atoms in total. The maximum Gasteiger partial charge on any atom is 0.417 e. The molecular formula is C12H8F3NO3. The Bertz CT molecular complexity index is 559. The first-order chi connectivity index (χ1) is 8.85. The van der Waals surface area contributed by atoms with Gasteiger partial charge in [-0.05, 0) is 11.6 Å². The zero-order valence-corrected chi connectivity index (χ0v) is 9.75. The van der Waals surface area contributed by atoms with Gasteiger partial charge in [0.2, 0.25) is 0 Å². The number of alkyl halides is 3. The lowest BCUT2D eigenvalue weighted by atomic mass is 9.95. The zero-order chi connectivity index (χ0) is 14.6. The Morgan fingerprint density at radius 1 is 1.47 bits per heavy atom. The van der Waals surface area contributed by atoms with Crippen molar-refractivity contribution in [3.63, 3.8) is 0 Å². The molecule has 0 unspecified atom stereocenters. The van der Waals surface area contributed by atoms with Crippen molar-refractivity contribution in [2.24, 2.45) is 0 Å². The molecule has 0 aromatic heterocycles. The molecule has 0 atom stereocenters. The molecule has 0 fully saturated rings. The van der Waals surface area contributed by atoms with Crippen LogP contribution >= 0.6 is 0 Å². The van der Waals surface area contributed by atoms with E-state index in [1.807, 2.05) is 0 Å². The van der Waals surface area contributed by atoms with Crippen molar-refractivity contribution in [1.82, 2.24) is 0 Å². The second-order valence-electron chi connectivity index (χ2n) is 3.54. The molecule has 0 aliphatic rings. The molecular weight excluding hydrogens is 263 g/mol. The summed E-state index contributed by atoms with van der Waals surface area (Å²) in [6.07, 6.45) is -5.51. The Kier molecular flexibility index (Phi) is 4.27. The van der Waals surface area contributed by atoms with Gasteiger partial charge in [-0.25, -0.2) is 0 Å². The number of hydrogen-bond acceptors (Lipinski definition) is 4. The number of carbonyl (C=O) groups is 2. The molecule has 0 amide bonds. The third kappa shape index (κ3) is 3.10. The van der Waals surface area contributed by atoms with E-state index in [2.05, 4.69) is 4.74 Å². The molecule has 19 heavy (non-hydrogen) atoms. The first-order valence-electron chi connectivity index (χ1n) is 5.00. The lowest BCUT2D eigenvalue weighted by Gasteiger charge is -2.15. The van der Waals surface area contributed by atoms with Crippen molar-refractivity contribution < 1.29 is 27.5 Å². The molecule has 100 valence electrons. The highest BCUT2D eigenvalue weighted by molar-refractivity contribution is 5.84. The first-order valence-corrected chi connectivity index (χ1v) is 5.00. The van der Waals surface area contributed by atoms with E-state index in [1.54, 1.807) is 0 Å².